The smallest absolute Gasteiger partial charge is 0.341 e. The molecule has 0 radical (unpaired) electrons. The van der Waals surface area contributed by atoms with E-state index >= 15 is 0 Å². The molecule has 3 N–H and O–H groups in total. The number of likely N-dealkylation sites (N-methyl/N-ethyl adjacent to an activating group) is 1. The number of esters is 1. The van der Waals surface area contributed by atoms with E-state index in [0.717, 1.165) is 4.90 Å². The van der Waals surface area contributed by atoms with Gasteiger partial charge in [-0.25, -0.2) is 4.79 Å². The Bertz CT molecular complexity index is 842. The molecule has 0 aliphatic rings. The number of aryl methyl sites for hydroxylation is 1. The average Bonchev–Trinajstić information content (AvgIpc) is 3.01. The second kappa shape index (κ2) is 9.70. The lowest BCUT2D eigenvalue weighted by Crippen LogP contribution is -3.11. The van der Waals surface area contributed by atoms with Crippen molar-refractivity contribution in [2.75, 3.05) is 30.8 Å². The minimum atomic E-state index is -0.439. The fourth-order valence-electron chi connectivity index (χ4n) is 2.77. The maximum atomic E-state index is 12.4. The van der Waals surface area contributed by atoms with Crippen molar-refractivity contribution in [3.8, 4) is 0 Å². The van der Waals surface area contributed by atoms with Crippen LogP contribution >= 0.6 is 0 Å². The molecule has 2 aromatic rings. The predicted molar refractivity (Wildman–Crippen MR) is 104 cm³/mol. The third kappa shape index (κ3) is 5.95. The monoisotopic (exact) mass is 388 g/mol. The largest absolute Gasteiger partial charge is 0.465 e. The van der Waals surface area contributed by atoms with Crippen LogP contribution in [0.1, 0.15) is 35.7 Å². The van der Waals surface area contributed by atoms with Crippen molar-refractivity contribution >= 4 is 29.2 Å². The number of nitrogens with one attached hydrogen (secondary N) is 3. The summed E-state index contributed by atoms with van der Waals surface area (Å²) in [6, 6.07) is 8.57. The Balaban J connectivity index is 1.94. The number of anilines is 2. The molecule has 0 aliphatic carbocycles. The number of hydrogen-bond donors (Lipinski definition) is 3. The summed E-state index contributed by atoms with van der Waals surface area (Å²) >= 11 is 0. The molecule has 0 saturated heterocycles. The minimum absolute atomic E-state index is 0.138. The lowest BCUT2D eigenvalue weighted by Gasteiger charge is -2.16. The van der Waals surface area contributed by atoms with Gasteiger partial charge >= 0.3 is 5.97 Å². The van der Waals surface area contributed by atoms with Crippen molar-refractivity contribution in [2.24, 2.45) is 0 Å². The maximum absolute atomic E-state index is 12.4. The van der Waals surface area contributed by atoms with Gasteiger partial charge in [0.05, 0.1) is 13.7 Å². The second-order valence-corrected chi connectivity index (χ2v) is 6.44. The summed E-state index contributed by atoms with van der Waals surface area (Å²) in [5.74, 6) is 0.400. The number of hydrogen-bond acceptors (Lipinski definition) is 5. The third-order valence-electron chi connectivity index (χ3n) is 4.20. The Morgan fingerprint density at radius 3 is 2.25 bits per heavy atom. The summed E-state index contributed by atoms with van der Waals surface area (Å²) in [7, 11) is 1.32. The third-order valence-corrected chi connectivity index (χ3v) is 4.20. The normalized spacial score (nSPS) is 11.6. The number of benzene rings is 1. The molecule has 1 unspecified atom stereocenters. The highest BCUT2D eigenvalue weighted by Crippen LogP contribution is 2.15. The number of quaternary nitrogens is 1. The summed E-state index contributed by atoms with van der Waals surface area (Å²) in [4.78, 5) is 36.1. The Labute approximate surface area is 163 Å². The van der Waals surface area contributed by atoms with E-state index in [2.05, 4.69) is 10.6 Å². The van der Waals surface area contributed by atoms with Crippen LogP contribution in [-0.2, 0) is 20.9 Å². The number of amides is 2. The van der Waals surface area contributed by atoms with Gasteiger partial charge in [0.2, 0.25) is 5.91 Å². The van der Waals surface area contributed by atoms with Crippen LogP contribution in [0.5, 0.6) is 0 Å². The molecule has 2 amide bonds. The molecule has 8 heteroatoms. The Hall–Kier alpha value is -3.13. The molecule has 2 rings (SSSR count). The lowest BCUT2D eigenvalue weighted by atomic mass is 10.2. The van der Waals surface area contributed by atoms with E-state index in [1.807, 2.05) is 6.92 Å². The molecule has 0 bridgehead atoms. The number of carbonyl (C=O) groups excluding carboxylic acids is 3. The molecular formula is C20H26N3O5+. The summed E-state index contributed by atoms with van der Waals surface area (Å²) in [5.41, 5.74) is 1.72. The number of rotatable bonds is 8. The highest BCUT2D eigenvalue weighted by Gasteiger charge is 2.20. The van der Waals surface area contributed by atoms with Crippen LogP contribution in [0.3, 0.4) is 0 Å². The van der Waals surface area contributed by atoms with E-state index < -0.39 is 5.97 Å². The Morgan fingerprint density at radius 1 is 1.11 bits per heavy atom. The van der Waals surface area contributed by atoms with Gasteiger partial charge in [-0.05, 0) is 38.1 Å². The van der Waals surface area contributed by atoms with Crippen molar-refractivity contribution in [1.82, 2.24) is 0 Å². The van der Waals surface area contributed by atoms with Crippen LogP contribution in [-0.4, -0.2) is 38.0 Å². The molecule has 0 fully saturated rings. The standard InChI is InChI=1S/C20H25N3O5/c1-5-23(11-17-10-18(13(2)28-17)20(26)27-4)12-19(25)22-16-8-6-15(7-9-16)21-14(3)24/h6-10H,5,11-12H2,1-4H3,(H,21,24)(H,22,25)/p+1. The summed E-state index contributed by atoms with van der Waals surface area (Å²) < 4.78 is 10.4. The van der Waals surface area contributed by atoms with Crippen molar-refractivity contribution in [3.05, 3.63) is 47.4 Å². The van der Waals surface area contributed by atoms with Crippen LogP contribution in [0.2, 0.25) is 0 Å². The van der Waals surface area contributed by atoms with Gasteiger partial charge in [0.15, 0.2) is 12.3 Å². The quantitative estimate of drug-likeness (QED) is 0.593. The molecular weight excluding hydrogens is 362 g/mol. The molecule has 0 aliphatic heterocycles. The topological polar surface area (TPSA) is 102 Å². The van der Waals surface area contributed by atoms with Gasteiger partial charge < -0.3 is 24.7 Å². The Kier molecular flexibility index (Phi) is 7.34. The maximum Gasteiger partial charge on any atom is 0.341 e. The highest BCUT2D eigenvalue weighted by molar-refractivity contribution is 5.92. The van der Waals surface area contributed by atoms with Gasteiger partial charge in [-0.1, -0.05) is 0 Å². The fourth-order valence-corrected chi connectivity index (χ4v) is 2.77. The van der Waals surface area contributed by atoms with Crippen LogP contribution in [0.15, 0.2) is 34.7 Å². The van der Waals surface area contributed by atoms with Crippen LogP contribution in [0.4, 0.5) is 11.4 Å². The lowest BCUT2D eigenvalue weighted by molar-refractivity contribution is -0.904. The van der Waals surface area contributed by atoms with E-state index in [4.69, 9.17) is 9.15 Å². The molecule has 1 aromatic carbocycles. The number of carbonyl (C=O) groups is 3. The van der Waals surface area contributed by atoms with E-state index in [0.29, 0.717) is 41.5 Å². The second-order valence-electron chi connectivity index (χ2n) is 6.44. The first-order chi connectivity index (χ1) is 13.3. The van der Waals surface area contributed by atoms with Gasteiger partial charge in [-0.15, -0.1) is 0 Å². The Morgan fingerprint density at radius 2 is 1.71 bits per heavy atom. The molecule has 150 valence electrons. The summed E-state index contributed by atoms with van der Waals surface area (Å²) in [6.45, 7) is 6.55. The SMILES string of the molecule is CC[NH+](CC(=O)Nc1ccc(NC(C)=O)cc1)Cc1cc(C(=O)OC)c(C)o1. The van der Waals surface area contributed by atoms with E-state index in [1.54, 1.807) is 37.3 Å². The zero-order valence-electron chi connectivity index (χ0n) is 16.5. The molecule has 8 nitrogen and oxygen atoms in total. The van der Waals surface area contributed by atoms with Crippen LogP contribution < -0.4 is 15.5 Å². The summed E-state index contributed by atoms with van der Waals surface area (Å²) in [5, 5.41) is 5.51. The first kappa shape index (κ1) is 21.2. The summed E-state index contributed by atoms with van der Waals surface area (Å²) in [6.07, 6.45) is 0. The van der Waals surface area contributed by atoms with Gasteiger partial charge in [0.25, 0.3) is 5.91 Å². The van der Waals surface area contributed by atoms with E-state index in [1.165, 1.54) is 14.0 Å². The molecule has 0 saturated carbocycles. The molecule has 1 heterocycles. The average molecular weight is 388 g/mol. The highest BCUT2D eigenvalue weighted by atomic mass is 16.5. The van der Waals surface area contributed by atoms with Gasteiger partial charge in [-0.2, -0.15) is 0 Å². The molecule has 1 atom stereocenters. The predicted octanol–water partition coefficient (Wildman–Crippen LogP) is 1.38. The van der Waals surface area contributed by atoms with Crippen molar-refractivity contribution in [2.45, 2.75) is 27.3 Å². The molecule has 28 heavy (non-hydrogen) atoms. The number of furan rings is 1. The van der Waals surface area contributed by atoms with Crippen molar-refractivity contribution < 1.29 is 28.4 Å². The van der Waals surface area contributed by atoms with Gasteiger partial charge in [0, 0.05) is 24.4 Å². The van der Waals surface area contributed by atoms with Crippen LogP contribution in [0, 0.1) is 6.92 Å². The van der Waals surface area contributed by atoms with Crippen molar-refractivity contribution in [1.29, 1.82) is 0 Å². The zero-order valence-corrected chi connectivity index (χ0v) is 16.5. The van der Waals surface area contributed by atoms with E-state index in [-0.39, 0.29) is 18.4 Å². The number of methoxy groups -OCH3 is 1. The number of ether oxygens (including phenoxy) is 1. The van der Waals surface area contributed by atoms with Crippen molar-refractivity contribution in [3.63, 3.8) is 0 Å². The van der Waals surface area contributed by atoms with Gasteiger partial charge in [-0.3, -0.25) is 9.59 Å². The minimum Gasteiger partial charge on any atom is -0.465 e. The molecule has 0 spiro atoms. The molecule has 1 aromatic heterocycles. The van der Waals surface area contributed by atoms with E-state index in [9.17, 15) is 14.4 Å². The zero-order chi connectivity index (χ0) is 20.7. The first-order valence-electron chi connectivity index (χ1n) is 9.01. The first-order valence-corrected chi connectivity index (χ1v) is 9.01. The van der Waals surface area contributed by atoms with Crippen LogP contribution in [0.25, 0.3) is 0 Å². The van der Waals surface area contributed by atoms with Gasteiger partial charge in [0.1, 0.15) is 17.9 Å². The fraction of sp³-hybridized carbons (Fsp3) is 0.350.